The summed E-state index contributed by atoms with van der Waals surface area (Å²) in [7, 11) is 0. The van der Waals surface area contributed by atoms with Crippen LogP contribution in [0.25, 0.3) is 0 Å². The summed E-state index contributed by atoms with van der Waals surface area (Å²) in [6, 6.07) is 1.82. The van der Waals surface area contributed by atoms with E-state index in [1.807, 2.05) is 13.8 Å². The number of likely N-dealkylation sites (tertiary alicyclic amines) is 1. The highest BCUT2D eigenvalue weighted by molar-refractivity contribution is 6.42. The van der Waals surface area contributed by atoms with Crippen LogP contribution in [-0.2, 0) is 0 Å². The van der Waals surface area contributed by atoms with Gasteiger partial charge in [-0.25, -0.2) is 9.18 Å². The lowest BCUT2D eigenvalue weighted by Gasteiger charge is -2.21. The summed E-state index contributed by atoms with van der Waals surface area (Å²) in [5, 5.41) is 12.5. The van der Waals surface area contributed by atoms with E-state index >= 15 is 0 Å². The molecule has 4 nitrogen and oxygen atoms in total. The first kappa shape index (κ1) is 15.4. The van der Waals surface area contributed by atoms with Crippen LogP contribution in [0.3, 0.4) is 0 Å². The Labute approximate surface area is 126 Å². The number of carbonyl (C=O) groups excluding carboxylic acids is 1. The molecule has 20 heavy (non-hydrogen) atoms. The van der Waals surface area contributed by atoms with Crippen LogP contribution in [0.15, 0.2) is 12.1 Å². The molecule has 0 spiro atoms. The molecule has 2 N–H and O–H groups in total. The van der Waals surface area contributed by atoms with E-state index in [-0.39, 0.29) is 27.7 Å². The molecule has 0 aromatic heterocycles. The number of carbonyl (C=O) groups is 1. The van der Waals surface area contributed by atoms with Crippen molar-refractivity contribution in [3.63, 3.8) is 0 Å². The normalized spacial score (nSPS) is 21.1. The zero-order valence-electron chi connectivity index (χ0n) is 11.1. The summed E-state index contributed by atoms with van der Waals surface area (Å²) in [4.78, 5) is 13.5. The maximum atomic E-state index is 13.7. The van der Waals surface area contributed by atoms with Crippen molar-refractivity contribution in [3.05, 3.63) is 28.0 Å². The van der Waals surface area contributed by atoms with Gasteiger partial charge >= 0.3 is 6.03 Å². The second-order valence-electron chi connectivity index (χ2n) is 5.56. The molecular weight excluding hydrogens is 306 g/mol. The number of β-amino-alcohol motifs (C(OH)–C–C–N with tert-alkyl or cyclic N) is 1. The number of aliphatic hydroxyl groups excluding tert-OH is 1. The Morgan fingerprint density at radius 3 is 2.60 bits per heavy atom. The van der Waals surface area contributed by atoms with Crippen LogP contribution in [0.1, 0.15) is 13.8 Å². The molecule has 1 aliphatic rings. The van der Waals surface area contributed by atoms with Gasteiger partial charge in [0.05, 0.1) is 21.8 Å². The van der Waals surface area contributed by atoms with E-state index < -0.39 is 18.0 Å². The Balaban J connectivity index is 2.12. The van der Waals surface area contributed by atoms with Gasteiger partial charge in [-0.05, 0) is 12.1 Å². The van der Waals surface area contributed by atoms with Gasteiger partial charge in [0.1, 0.15) is 5.82 Å². The molecule has 2 rings (SSSR count). The van der Waals surface area contributed by atoms with Crippen LogP contribution >= 0.6 is 23.2 Å². The molecule has 1 unspecified atom stereocenters. The number of nitrogens with one attached hydrogen (secondary N) is 1. The van der Waals surface area contributed by atoms with Crippen molar-refractivity contribution in [1.82, 2.24) is 4.90 Å². The van der Waals surface area contributed by atoms with Gasteiger partial charge in [-0.2, -0.15) is 0 Å². The molecule has 1 aromatic rings. The maximum absolute atomic E-state index is 13.7. The van der Waals surface area contributed by atoms with Crippen LogP contribution < -0.4 is 5.32 Å². The average Bonchev–Trinajstić information content (AvgIpc) is 2.61. The van der Waals surface area contributed by atoms with Gasteiger partial charge in [0.15, 0.2) is 0 Å². The van der Waals surface area contributed by atoms with Crippen LogP contribution in [0.4, 0.5) is 14.9 Å². The molecule has 0 aliphatic carbocycles. The van der Waals surface area contributed by atoms with Crippen LogP contribution in [0.2, 0.25) is 10.0 Å². The highest BCUT2D eigenvalue weighted by atomic mass is 35.5. The summed E-state index contributed by atoms with van der Waals surface area (Å²) in [6.07, 6.45) is -0.605. The summed E-state index contributed by atoms with van der Waals surface area (Å²) in [5.74, 6) is -0.660. The fraction of sp³-hybridized carbons (Fsp3) is 0.462. The minimum absolute atomic E-state index is 0.0383. The van der Waals surface area contributed by atoms with Gasteiger partial charge < -0.3 is 15.3 Å². The number of rotatable bonds is 1. The first-order valence-corrected chi connectivity index (χ1v) is 6.85. The van der Waals surface area contributed by atoms with Gasteiger partial charge in [0, 0.05) is 18.5 Å². The second-order valence-corrected chi connectivity index (χ2v) is 6.38. The third-order valence-electron chi connectivity index (χ3n) is 3.43. The quantitative estimate of drug-likeness (QED) is 0.779. The van der Waals surface area contributed by atoms with Gasteiger partial charge in [-0.3, -0.25) is 0 Å². The van der Waals surface area contributed by atoms with E-state index in [2.05, 4.69) is 5.32 Å². The lowest BCUT2D eigenvalue weighted by atomic mass is 9.90. The van der Waals surface area contributed by atoms with Crippen LogP contribution in [-0.4, -0.2) is 35.2 Å². The lowest BCUT2D eigenvalue weighted by molar-refractivity contribution is 0.0957. The summed E-state index contributed by atoms with van der Waals surface area (Å²) in [5.41, 5.74) is -0.420. The number of hydrogen-bond donors (Lipinski definition) is 2. The van der Waals surface area contributed by atoms with Gasteiger partial charge in [-0.15, -0.1) is 0 Å². The van der Waals surface area contributed by atoms with E-state index in [0.29, 0.717) is 6.54 Å². The Kier molecular flexibility index (Phi) is 4.14. The second kappa shape index (κ2) is 5.39. The number of nitrogens with zero attached hydrogens (tertiary/aromatic N) is 1. The first-order valence-electron chi connectivity index (χ1n) is 6.09. The lowest BCUT2D eigenvalue weighted by Crippen LogP contribution is -2.34. The number of hydrogen-bond acceptors (Lipinski definition) is 2. The molecular formula is C13H15Cl2FN2O2. The number of amides is 2. The number of benzene rings is 1. The molecule has 1 saturated heterocycles. The van der Waals surface area contributed by atoms with Crippen molar-refractivity contribution in [2.45, 2.75) is 20.0 Å². The van der Waals surface area contributed by atoms with Crippen molar-refractivity contribution in [1.29, 1.82) is 0 Å². The minimum Gasteiger partial charge on any atom is -0.391 e. The predicted octanol–water partition coefficient (Wildman–Crippen LogP) is 3.37. The van der Waals surface area contributed by atoms with Gasteiger partial charge in [-0.1, -0.05) is 37.0 Å². The highest BCUT2D eigenvalue weighted by Gasteiger charge is 2.40. The molecule has 1 atom stereocenters. The van der Waals surface area contributed by atoms with Crippen molar-refractivity contribution >= 4 is 34.9 Å². The molecule has 1 heterocycles. The molecule has 0 saturated carbocycles. The third kappa shape index (κ3) is 3.00. The average molecular weight is 321 g/mol. The monoisotopic (exact) mass is 320 g/mol. The molecule has 0 radical (unpaired) electrons. The Bertz CT molecular complexity index is 551. The largest absolute Gasteiger partial charge is 0.391 e. The van der Waals surface area contributed by atoms with Gasteiger partial charge in [0.2, 0.25) is 0 Å². The molecule has 1 aliphatic heterocycles. The molecule has 1 fully saturated rings. The van der Waals surface area contributed by atoms with Crippen LogP contribution in [0.5, 0.6) is 0 Å². The summed E-state index contributed by atoms with van der Waals surface area (Å²) >= 11 is 11.5. The zero-order chi connectivity index (χ0) is 15.1. The van der Waals surface area contributed by atoms with Gasteiger partial charge in [0.25, 0.3) is 0 Å². The summed E-state index contributed by atoms with van der Waals surface area (Å²) in [6.45, 7) is 4.33. The SMILES string of the molecule is CC1(C)CN(C(=O)Nc2cc(Cl)c(Cl)cc2F)CC1O. The number of aliphatic hydroxyl groups is 1. The molecule has 2 amide bonds. The zero-order valence-corrected chi connectivity index (χ0v) is 12.6. The molecule has 7 heteroatoms. The Hall–Kier alpha value is -1.04. The number of anilines is 1. The smallest absolute Gasteiger partial charge is 0.322 e. The number of halogens is 3. The Morgan fingerprint density at radius 2 is 2.05 bits per heavy atom. The van der Waals surface area contributed by atoms with Crippen molar-refractivity contribution in [3.8, 4) is 0 Å². The third-order valence-corrected chi connectivity index (χ3v) is 4.15. The summed E-state index contributed by atoms with van der Waals surface area (Å²) < 4.78 is 13.7. The van der Waals surface area contributed by atoms with Crippen molar-refractivity contribution in [2.75, 3.05) is 18.4 Å². The van der Waals surface area contributed by atoms with Crippen molar-refractivity contribution in [2.24, 2.45) is 5.41 Å². The van der Waals surface area contributed by atoms with E-state index in [4.69, 9.17) is 23.2 Å². The standard InChI is InChI=1S/C13H15Cl2FN2O2/c1-13(2)6-18(5-11(13)19)12(20)17-10-4-8(15)7(14)3-9(10)16/h3-4,11,19H,5-6H2,1-2H3,(H,17,20). The molecule has 1 aromatic carbocycles. The minimum atomic E-state index is -0.660. The van der Waals surface area contributed by atoms with E-state index in [9.17, 15) is 14.3 Å². The first-order chi connectivity index (χ1) is 9.20. The fourth-order valence-corrected chi connectivity index (χ4v) is 2.40. The highest BCUT2D eigenvalue weighted by Crippen LogP contribution is 2.31. The molecule has 0 bridgehead atoms. The number of urea groups is 1. The Morgan fingerprint density at radius 1 is 1.45 bits per heavy atom. The van der Waals surface area contributed by atoms with Crippen molar-refractivity contribution < 1.29 is 14.3 Å². The van der Waals surface area contributed by atoms with E-state index in [0.717, 1.165) is 6.07 Å². The fourth-order valence-electron chi connectivity index (χ4n) is 2.09. The predicted molar refractivity (Wildman–Crippen MR) is 76.8 cm³/mol. The molecule has 110 valence electrons. The van der Waals surface area contributed by atoms with Crippen LogP contribution in [0, 0.1) is 11.2 Å². The van der Waals surface area contributed by atoms with E-state index in [1.54, 1.807) is 0 Å². The maximum Gasteiger partial charge on any atom is 0.322 e. The van der Waals surface area contributed by atoms with E-state index in [1.165, 1.54) is 11.0 Å². The topological polar surface area (TPSA) is 52.6 Å².